The van der Waals surface area contributed by atoms with Crippen LogP contribution in [0, 0.1) is 6.92 Å². The van der Waals surface area contributed by atoms with Gasteiger partial charge < -0.3 is 15.6 Å². The lowest BCUT2D eigenvalue weighted by Crippen LogP contribution is -2.15. The van der Waals surface area contributed by atoms with Crippen LogP contribution in [0.1, 0.15) is 17.2 Å². The molecule has 78 valence electrons. The highest BCUT2D eigenvalue weighted by Crippen LogP contribution is 2.30. The molecule has 1 atom stereocenters. The molecule has 0 spiro atoms. The number of aliphatic hydroxyl groups is 1. The molecule has 0 saturated carbocycles. The molecule has 1 unspecified atom stereocenters. The van der Waals surface area contributed by atoms with Crippen molar-refractivity contribution in [2.24, 2.45) is 5.73 Å². The number of rotatable bonds is 3. The van der Waals surface area contributed by atoms with Gasteiger partial charge in [-0.1, -0.05) is 15.9 Å². The molecular weight excluding hydrogens is 246 g/mol. The Bertz CT molecular complexity index is 328. The summed E-state index contributed by atoms with van der Waals surface area (Å²) in [7, 11) is 1.61. The second kappa shape index (κ2) is 4.77. The van der Waals surface area contributed by atoms with Crippen LogP contribution in [0.25, 0.3) is 0 Å². The van der Waals surface area contributed by atoms with Crippen LogP contribution in [0.15, 0.2) is 16.6 Å². The second-order valence-corrected chi connectivity index (χ2v) is 3.93. The third-order valence-corrected chi connectivity index (χ3v) is 3.17. The first-order valence-electron chi connectivity index (χ1n) is 4.30. The van der Waals surface area contributed by atoms with E-state index in [4.69, 9.17) is 15.6 Å². The standard InChI is InChI=1S/C10H14BrNO2/c1-6-3-7(14-2)4-8(10(6)11)9(12)5-13/h3-4,9,13H,5,12H2,1-2H3. The van der Waals surface area contributed by atoms with Gasteiger partial charge in [-0.15, -0.1) is 0 Å². The number of aliphatic hydroxyl groups excluding tert-OH is 1. The number of ether oxygens (including phenoxy) is 1. The molecule has 0 heterocycles. The molecule has 1 aromatic carbocycles. The number of nitrogens with two attached hydrogens (primary N) is 1. The van der Waals surface area contributed by atoms with Crippen molar-refractivity contribution in [3.63, 3.8) is 0 Å². The van der Waals surface area contributed by atoms with E-state index in [-0.39, 0.29) is 12.6 Å². The predicted molar refractivity (Wildman–Crippen MR) is 59.4 cm³/mol. The van der Waals surface area contributed by atoms with Crippen LogP contribution < -0.4 is 10.5 Å². The largest absolute Gasteiger partial charge is 0.497 e. The minimum absolute atomic E-state index is 0.0782. The smallest absolute Gasteiger partial charge is 0.119 e. The van der Waals surface area contributed by atoms with E-state index in [0.717, 1.165) is 21.3 Å². The topological polar surface area (TPSA) is 55.5 Å². The Balaban J connectivity index is 3.20. The lowest BCUT2D eigenvalue weighted by Gasteiger charge is -2.14. The predicted octanol–water partition coefficient (Wildman–Crippen LogP) is 1.76. The summed E-state index contributed by atoms with van der Waals surface area (Å²) in [4.78, 5) is 0. The van der Waals surface area contributed by atoms with Crippen LogP contribution in [-0.2, 0) is 0 Å². The van der Waals surface area contributed by atoms with Crippen molar-refractivity contribution in [1.29, 1.82) is 0 Å². The van der Waals surface area contributed by atoms with Gasteiger partial charge >= 0.3 is 0 Å². The number of hydrogen-bond donors (Lipinski definition) is 2. The maximum absolute atomic E-state index is 8.98. The zero-order valence-electron chi connectivity index (χ0n) is 8.25. The molecule has 0 radical (unpaired) electrons. The normalized spacial score (nSPS) is 12.6. The van der Waals surface area contributed by atoms with Crippen molar-refractivity contribution in [2.75, 3.05) is 13.7 Å². The fraction of sp³-hybridized carbons (Fsp3) is 0.400. The molecule has 1 rings (SSSR count). The molecule has 0 saturated heterocycles. The molecule has 4 heteroatoms. The first-order chi connectivity index (χ1) is 6.60. The summed E-state index contributed by atoms with van der Waals surface area (Å²) in [5, 5.41) is 8.98. The van der Waals surface area contributed by atoms with Crippen molar-refractivity contribution < 1.29 is 9.84 Å². The van der Waals surface area contributed by atoms with Crippen molar-refractivity contribution in [3.8, 4) is 5.75 Å². The van der Waals surface area contributed by atoms with Gasteiger partial charge in [-0.05, 0) is 30.2 Å². The fourth-order valence-corrected chi connectivity index (χ4v) is 1.77. The van der Waals surface area contributed by atoms with Gasteiger partial charge in [-0.3, -0.25) is 0 Å². The van der Waals surface area contributed by atoms with Gasteiger partial charge in [0.15, 0.2) is 0 Å². The summed E-state index contributed by atoms with van der Waals surface area (Å²) in [5.41, 5.74) is 7.66. The average molecular weight is 260 g/mol. The molecule has 1 aromatic rings. The highest BCUT2D eigenvalue weighted by Gasteiger charge is 2.12. The van der Waals surface area contributed by atoms with E-state index in [2.05, 4.69) is 15.9 Å². The van der Waals surface area contributed by atoms with Gasteiger partial charge in [0.05, 0.1) is 19.8 Å². The Hall–Kier alpha value is -0.580. The van der Waals surface area contributed by atoms with Gasteiger partial charge in [-0.25, -0.2) is 0 Å². The van der Waals surface area contributed by atoms with Crippen molar-refractivity contribution >= 4 is 15.9 Å². The fourth-order valence-electron chi connectivity index (χ4n) is 1.25. The van der Waals surface area contributed by atoms with Gasteiger partial charge in [0.2, 0.25) is 0 Å². The van der Waals surface area contributed by atoms with Gasteiger partial charge in [0.25, 0.3) is 0 Å². The van der Waals surface area contributed by atoms with Crippen LogP contribution in [0.2, 0.25) is 0 Å². The van der Waals surface area contributed by atoms with Gasteiger partial charge in [0.1, 0.15) is 5.75 Å². The lowest BCUT2D eigenvalue weighted by atomic mass is 10.1. The molecular formula is C10H14BrNO2. The lowest BCUT2D eigenvalue weighted by molar-refractivity contribution is 0.267. The highest BCUT2D eigenvalue weighted by atomic mass is 79.9. The van der Waals surface area contributed by atoms with Crippen molar-refractivity contribution in [2.45, 2.75) is 13.0 Å². The van der Waals surface area contributed by atoms with Crippen molar-refractivity contribution in [1.82, 2.24) is 0 Å². The summed E-state index contributed by atoms with van der Waals surface area (Å²) in [5.74, 6) is 0.754. The molecule has 0 aliphatic rings. The van der Waals surface area contributed by atoms with Gasteiger partial charge in [-0.2, -0.15) is 0 Å². The van der Waals surface area contributed by atoms with E-state index in [1.807, 2.05) is 19.1 Å². The number of methoxy groups -OCH3 is 1. The summed E-state index contributed by atoms with van der Waals surface area (Å²) in [6.45, 7) is 1.88. The minimum atomic E-state index is -0.377. The Kier molecular flexibility index (Phi) is 3.92. The molecule has 0 fully saturated rings. The van der Waals surface area contributed by atoms with E-state index < -0.39 is 0 Å². The third kappa shape index (κ3) is 2.26. The minimum Gasteiger partial charge on any atom is -0.497 e. The van der Waals surface area contributed by atoms with E-state index in [1.54, 1.807) is 7.11 Å². The summed E-state index contributed by atoms with van der Waals surface area (Å²) in [6.07, 6.45) is 0. The number of halogens is 1. The van der Waals surface area contributed by atoms with E-state index in [9.17, 15) is 0 Å². The first-order valence-corrected chi connectivity index (χ1v) is 5.10. The van der Waals surface area contributed by atoms with Crippen LogP contribution in [-0.4, -0.2) is 18.8 Å². The molecule has 3 N–H and O–H groups in total. The van der Waals surface area contributed by atoms with Crippen LogP contribution in [0.5, 0.6) is 5.75 Å². The van der Waals surface area contributed by atoms with Crippen LogP contribution >= 0.6 is 15.9 Å². The second-order valence-electron chi connectivity index (χ2n) is 3.14. The van der Waals surface area contributed by atoms with Crippen LogP contribution in [0.3, 0.4) is 0 Å². The molecule has 0 aliphatic heterocycles. The maximum atomic E-state index is 8.98. The summed E-state index contributed by atoms with van der Waals surface area (Å²) >= 11 is 3.44. The van der Waals surface area contributed by atoms with Crippen molar-refractivity contribution in [3.05, 3.63) is 27.7 Å². The average Bonchev–Trinajstić information content (AvgIpc) is 2.20. The Morgan fingerprint density at radius 2 is 2.21 bits per heavy atom. The van der Waals surface area contributed by atoms with Crippen LogP contribution in [0.4, 0.5) is 0 Å². The van der Waals surface area contributed by atoms with E-state index >= 15 is 0 Å². The number of benzene rings is 1. The summed E-state index contributed by atoms with van der Waals surface area (Å²) in [6, 6.07) is 3.37. The quantitative estimate of drug-likeness (QED) is 0.870. The maximum Gasteiger partial charge on any atom is 0.119 e. The molecule has 0 amide bonds. The van der Waals surface area contributed by atoms with E-state index in [1.165, 1.54) is 0 Å². The molecule has 3 nitrogen and oxygen atoms in total. The number of aryl methyl sites for hydroxylation is 1. The molecule has 14 heavy (non-hydrogen) atoms. The monoisotopic (exact) mass is 259 g/mol. The SMILES string of the molecule is COc1cc(C)c(Br)c(C(N)CO)c1. The Labute approximate surface area is 92.0 Å². The molecule has 0 aromatic heterocycles. The molecule has 0 bridgehead atoms. The summed E-state index contributed by atoms with van der Waals surface area (Å²) < 4.78 is 6.06. The zero-order chi connectivity index (χ0) is 10.7. The zero-order valence-corrected chi connectivity index (χ0v) is 9.84. The highest BCUT2D eigenvalue weighted by molar-refractivity contribution is 9.10. The van der Waals surface area contributed by atoms with E-state index in [0.29, 0.717) is 0 Å². The Morgan fingerprint density at radius 3 is 2.71 bits per heavy atom. The third-order valence-electron chi connectivity index (χ3n) is 2.09. The number of hydrogen-bond acceptors (Lipinski definition) is 3. The Morgan fingerprint density at radius 1 is 1.57 bits per heavy atom. The van der Waals surface area contributed by atoms with Gasteiger partial charge in [0, 0.05) is 4.47 Å². The first kappa shape index (κ1) is 11.5. The molecule has 0 aliphatic carbocycles.